The summed E-state index contributed by atoms with van der Waals surface area (Å²) in [6, 6.07) is 0.505. The zero-order valence-corrected chi connectivity index (χ0v) is 11.4. The summed E-state index contributed by atoms with van der Waals surface area (Å²) in [6.07, 6.45) is 1.88. The van der Waals surface area contributed by atoms with Gasteiger partial charge in [-0.15, -0.1) is 11.3 Å². The maximum Gasteiger partial charge on any atom is 0.185 e. The lowest BCUT2D eigenvalue weighted by molar-refractivity contribution is 0.0610. The Balaban J connectivity index is 1.45. The number of thiazole rings is 1. The highest BCUT2D eigenvalue weighted by Crippen LogP contribution is 2.18. The highest BCUT2D eigenvalue weighted by molar-refractivity contribution is 7.13. The van der Waals surface area contributed by atoms with Crippen molar-refractivity contribution in [3.8, 4) is 0 Å². The van der Waals surface area contributed by atoms with E-state index >= 15 is 0 Å². The summed E-state index contributed by atoms with van der Waals surface area (Å²) in [5.74, 6) is 0. The molecule has 2 fully saturated rings. The van der Waals surface area contributed by atoms with Crippen LogP contribution in [0.1, 0.15) is 0 Å². The van der Waals surface area contributed by atoms with E-state index in [-0.39, 0.29) is 0 Å². The number of hydrogen-bond acceptors (Lipinski definition) is 6. The number of ether oxygens (including phenoxy) is 1. The van der Waals surface area contributed by atoms with Gasteiger partial charge < -0.3 is 15.0 Å². The zero-order chi connectivity index (χ0) is 12.2. The van der Waals surface area contributed by atoms with Gasteiger partial charge in [0.15, 0.2) is 5.13 Å². The first-order valence-electron chi connectivity index (χ1n) is 6.60. The van der Waals surface area contributed by atoms with E-state index in [1.165, 1.54) is 0 Å². The van der Waals surface area contributed by atoms with Crippen LogP contribution in [0.2, 0.25) is 0 Å². The molecule has 0 aliphatic carbocycles. The van der Waals surface area contributed by atoms with Crippen molar-refractivity contribution in [3.63, 3.8) is 0 Å². The van der Waals surface area contributed by atoms with Crippen LogP contribution < -0.4 is 10.2 Å². The molecule has 1 N–H and O–H groups in total. The minimum Gasteiger partial charge on any atom is -0.378 e. The fourth-order valence-corrected chi connectivity index (χ4v) is 3.24. The van der Waals surface area contributed by atoms with Crippen molar-refractivity contribution >= 4 is 16.5 Å². The summed E-state index contributed by atoms with van der Waals surface area (Å²) < 4.78 is 5.50. The molecule has 0 amide bonds. The summed E-state index contributed by atoms with van der Waals surface area (Å²) in [6.45, 7) is 8.22. The lowest BCUT2D eigenvalue weighted by Crippen LogP contribution is -2.53. The van der Waals surface area contributed by atoms with Crippen molar-refractivity contribution in [1.82, 2.24) is 15.2 Å². The molecule has 3 rings (SSSR count). The van der Waals surface area contributed by atoms with Crippen molar-refractivity contribution in [1.29, 1.82) is 0 Å². The summed E-state index contributed by atoms with van der Waals surface area (Å²) in [4.78, 5) is 9.28. The van der Waals surface area contributed by atoms with Gasteiger partial charge >= 0.3 is 0 Å². The van der Waals surface area contributed by atoms with Gasteiger partial charge in [0, 0.05) is 56.9 Å². The van der Waals surface area contributed by atoms with E-state index < -0.39 is 0 Å². The highest BCUT2D eigenvalue weighted by Gasteiger charge is 2.22. The second kappa shape index (κ2) is 5.97. The molecule has 2 aliphatic heterocycles. The van der Waals surface area contributed by atoms with Crippen LogP contribution in [0, 0.1) is 0 Å². The molecule has 0 radical (unpaired) electrons. The molecule has 0 aromatic carbocycles. The summed E-state index contributed by atoms with van der Waals surface area (Å²) >= 11 is 1.73. The summed E-state index contributed by atoms with van der Waals surface area (Å²) in [5, 5.41) is 6.72. The van der Waals surface area contributed by atoms with Crippen molar-refractivity contribution < 1.29 is 4.74 Å². The molecule has 1 unspecified atom stereocenters. The SMILES string of the molecule is c1csc(N2CCN(CC3COCCN3)CC2)n1. The van der Waals surface area contributed by atoms with Crippen LogP contribution >= 0.6 is 11.3 Å². The summed E-state index contributed by atoms with van der Waals surface area (Å²) in [5.41, 5.74) is 0. The van der Waals surface area contributed by atoms with Gasteiger partial charge in [-0.2, -0.15) is 0 Å². The first kappa shape index (κ1) is 12.3. The van der Waals surface area contributed by atoms with Crippen LogP contribution in [0.15, 0.2) is 11.6 Å². The van der Waals surface area contributed by atoms with E-state index in [4.69, 9.17) is 4.74 Å². The van der Waals surface area contributed by atoms with E-state index in [2.05, 4.69) is 20.1 Å². The average Bonchev–Trinajstić information content (AvgIpc) is 2.95. The minimum atomic E-state index is 0.505. The monoisotopic (exact) mass is 268 g/mol. The Morgan fingerprint density at radius 2 is 2.28 bits per heavy atom. The Morgan fingerprint density at radius 1 is 1.39 bits per heavy atom. The average molecular weight is 268 g/mol. The molecule has 2 saturated heterocycles. The lowest BCUT2D eigenvalue weighted by Gasteiger charge is -2.37. The third-order valence-electron chi connectivity index (χ3n) is 3.54. The molecule has 6 heteroatoms. The van der Waals surface area contributed by atoms with Crippen LogP contribution in [-0.4, -0.2) is 68.4 Å². The van der Waals surface area contributed by atoms with Crippen molar-refractivity contribution in [2.45, 2.75) is 6.04 Å². The number of nitrogens with zero attached hydrogens (tertiary/aromatic N) is 3. The van der Waals surface area contributed by atoms with Crippen LogP contribution in [0.3, 0.4) is 0 Å². The largest absolute Gasteiger partial charge is 0.378 e. The molecular weight excluding hydrogens is 248 g/mol. The molecule has 2 aliphatic rings. The standard InChI is InChI=1S/C12H20N4OS/c1-7-17-10-11(13-1)9-15-3-5-16(6-4-15)12-14-2-8-18-12/h2,8,11,13H,1,3-7,9-10H2. The van der Waals surface area contributed by atoms with Crippen LogP contribution in [-0.2, 0) is 4.74 Å². The maximum absolute atomic E-state index is 5.50. The quantitative estimate of drug-likeness (QED) is 0.851. The molecule has 0 spiro atoms. The zero-order valence-electron chi connectivity index (χ0n) is 10.5. The number of aromatic nitrogens is 1. The second-order valence-corrected chi connectivity index (χ2v) is 5.70. The first-order valence-corrected chi connectivity index (χ1v) is 7.48. The Kier molecular flexibility index (Phi) is 4.09. The molecule has 100 valence electrons. The Bertz CT molecular complexity index is 345. The Labute approximate surface area is 112 Å². The first-order chi connectivity index (χ1) is 8.92. The van der Waals surface area contributed by atoms with Crippen LogP contribution in [0.5, 0.6) is 0 Å². The molecule has 18 heavy (non-hydrogen) atoms. The van der Waals surface area contributed by atoms with E-state index in [9.17, 15) is 0 Å². The molecule has 3 heterocycles. The lowest BCUT2D eigenvalue weighted by atomic mass is 10.2. The molecule has 1 aromatic heterocycles. The molecule has 0 bridgehead atoms. The maximum atomic E-state index is 5.50. The van der Waals surface area contributed by atoms with Gasteiger partial charge in [0.05, 0.1) is 13.2 Å². The Morgan fingerprint density at radius 3 is 2.94 bits per heavy atom. The van der Waals surface area contributed by atoms with E-state index in [1.54, 1.807) is 11.3 Å². The third-order valence-corrected chi connectivity index (χ3v) is 4.37. The fraction of sp³-hybridized carbons (Fsp3) is 0.750. The van der Waals surface area contributed by atoms with E-state index in [1.807, 2.05) is 11.6 Å². The van der Waals surface area contributed by atoms with Gasteiger partial charge in [-0.3, -0.25) is 4.90 Å². The topological polar surface area (TPSA) is 40.6 Å². The van der Waals surface area contributed by atoms with Gasteiger partial charge in [-0.25, -0.2) is 4.98 Å². The van der Waals surface area contributed by atoms with Crippen molar-refractivity contribution in [3.05, 3.63) is 11.6 Å². The minimum absolute atomic E-state index is 0.505. The number of morpholine rings is 1. The Hall–Kier alpha value is -0.690. The predicted octanol–water partition coefficient (Wildman–Crippen LogP) is 0.253. The fourth-order valence-electron chi connectivity index (χ4n) is 2.54. The van der Waals surface area contributed by atoms with Gasteiger partial charge in [-0.1, -0.05) is 0 Å². The predicted molar refractivity (Wildman–Crippen MR) is 73.4 cm³/mol. The van der Waals surface area contributed by atoms with Crippen LogP contribution in [0.25, 0.3) is 0 Å². The number of rotatable bonds is 3. The van der Waals surface area contributed by atoms with Gasteiger partial charge in [0.2, 0.25) is 0 Å². The van der Waals surface area contributed by atoms with E-state index in [0.717, 1.165) is 57.6 Å². The number of piperazine rings is 1. The smallest absolute Gasteiger partial charge is 0.185 e. The summed E-state index contributed by atoms with van der Waals surface area (Å²) in [7, 11) is 0. The normalized spacial score (nSPS) is 26.4. The van der Waals surface area contributed by atoms with E-state index in [0.29, 0.717) is 6.04 Å². The third kappa shape index (κ3) is 3.00. The van der Waals surface area contributed by atoms with Gasteiger partial charge in [0.25, 0.3) is 0 Å². The van der Waals surface area contributed by atoms with Crippen molar-refractivity contribution in [2.24, 2.45) is 0 Å². The molecule has 1 aromatic rings. The molecule has 1 atom stereocenters. The van der Waals surface area contributed by atoms with Gasteiger partial charge in [0.1, 0.15) is 0 Å². The second-order valence-electron chi connectivity index (χ2n) is 4.83. The van der Waals surface area contributed by atoms with Gasteiger partial charge in [-0.05, 0) is 0 Å². The molecule has 5 nitrogen and oxygen atoms in total. The highest BCUT2D eigenvalue weighted by atomic mass is 32.1. The molecule has 0 saturated carbocycles. The number of anilines is 1. The number of hydrogen-bond donors (Lipinski definition) is 1. The molecular formula is C12H20N4OS. The number of nitrogens with one attached hydrogen (secondary N) is 1. The van der Waals surface area contributed by atoms with Crippen LogP contribution in [0.4, 0.5) is 5.13 Å². The van der Waals surface area contributed by atoms with Crippen molar-refractivity contribution in [2.75, 3.05) is 57.4 Å².